The minimum atomic E-state index is -0.153. The van der Waals surface area contributed by atoms with Crippen LogP contribution < -0.4 is 19.7 Å². The van der Waals surface area contributed by atoms with Crippen LogP contribution >= 0.6 is 0 Å². The van der Waals surface area contributed by atoms with Crippen molar-refractivity contribution in [2.45, 2.75) is 32.6 Å². The van der Waals surface area contributed by atoms with E-state index in [9.17, 15) is 4.79 Å². The Labute approximate surface area is 161 Å². The zero-order valence-electron chi connectivity index (χ0n) is 16.2. The topological polar surface area (TPSA) is 50.8 Å². The quantitative estimate of drug-likeness (QED) is 0.685. The van der Waals surface area contributed by atoms with Crippen LogP contribution in [0.2, 0.25) is 0 Å². The lowest BCUT2D eigenvalue weighted by molar-refractivity contribution is 0.102. The number of hydrogen-bond donors (Lipinski definition) is 1. The molecule has 0 unspecified atom stereocenters. The maximum absolute atomic E-state index is 12.8. The predicted octanol–water partition coefficient (Wildman–Crippen LogP) is 4.73. The van der Waals surface area contributed by atoms with Crippen LogP contribution in [-0.2, 0) is 0 Å². The van der Waals surface area contributed by atoms with Crippen molar-refractivity contribution < 1.29 is 14.3 Å². The highest BCUT2D eigenvalue weighted by Crippen LogP contribution is 2.31. The van der Waals surface area contributed by atoms with Crippen LogP contribution in [0.3, 0.4) is 0 Å². The van der Waals surface area contributed by atoms with Crippen molar-refractivity contribution in [1.82, 2.24) is 0 Å². The average Bonchev–Trinajstić information content (AvgIpc) is 3.23. The Hall–Kier alpha value is -2.69. The number of rotatable bonds is 8. The summed E-state index contributed by atoms with van der Waals surface area (Å²) >= 11 is 0. The smallest absolute Gasteiger partial charge is 0.255 e. The van der Waals surface area contributed by atoms with Crippen molar-refractivity contribution in [2.75, 3.05) is 37.0 Å². The first kappa shape index (κ1) is 19.1. The summed E-state index contributed by atoms with van der Waals surface area (Å²) in [5.74, 6) is 1.09. The maximum Gasteiger partial charge on any atom is 0.255 e. The summed E-state index contributed by atoms with van der Waals surface area (Å²) in [5, 5.41) is 3.05. The zero-order valence-corrected chi connectivity index (χ0v) is 16.2. The lowest BCUT2D eigenvalue weighted by Gasteiger charge is -2.21. The number of carbonyl (C=O) groups excluding carboxylic acids is 1. The van der Waals surface area contributed by atoms with Crippen molar-refractivity contribution in [1.29, 1.82) is 0 Å². The van der Waals surface area contributed by atoms with E-state index in [0.717, 1.165) is 37.3 Å². The van der Waals surface area contributed by atoms with Crippen molar-refractivity contribution in [3.8, 4) is 11.5 Å². The second-order valence-electron chi connectivity index (χ2n) is 6.73. The second kappa shape index (κ2) is 9.31. The fraction of sp³-hybridized carbons (Fsp3) is 0.409. The van der Waals surface area contributed by atoms with E-state index in [0.29, 0.717) is 23.7 Å². The van der Waals surface area contributed by atoms with Gasteiger partial charge in [0.15, 0.2) is 11.5 Å². The van der Waals surface area contributed by atoms with Crippen LogP contribution in [0.1, 0.15) is 43.0 Å². The average molecular weight is 368 g/mol. The Kier molecular flexibility index (Phi) is 6.58. The maximum atomic E-state index is 12.8. The molecule has 0 aromatic heterocycles. The third-order valence-corrected chi connectivity index (χ3v) is 4.78. The number of nitrogens with one attached hydrogen (secondary N) is 1. The number of anilines is 2. The molecule has 27 heavy (non-hydrogen) atoms. The van der Waals surface area contributed by atoms with Crippen LogP contribution in [0.4, 0.5) is 11.4 Å². The van der Waals surface area contributed by atoms with Gasteiger partial charge >= 0.3 is 0 Å². The fourth-order valence-electron chi connectivity index (χ4n) is 3.26. The predicted molar refractivity (Wildman–Crippen MR) is 109 cm³/mol. The van der Waals surface area contributed by atoms with Gasteiger partial charge in [0.25, 0.3) is 5.91 Å². The van der Waals surface area contributed by atoms with Gasteiger partial charge in [0.2, 0.25) is 0 Å². The van der Waals surface area contributed by atoms with E-state index in [-0.39, 0.29) is 5.91 Å². The molecule has 1 N–H and O–H groups in total. The third kappa shape index (κ3) is 4.73. The van der Waals surface area contributed by atoms with E-state index in [1.807, 2.05) is 18.2 Å². The van der Waals surface area contributed by atoms with Gasteiger partial charge in [0, 0.05) is 18.7 Å². The van der Waals surface area contributed by atoms with Gasteiger partial charge in [-0.2, -0.15) is 0 Å². The molecule has 2 aromatic rings. The summed E-state index contributed by atoms with van der Waals surface area (Å²) in [5.41, 5.74) is 2.47. The first-order valence-electron chi connectivity index (χ1n) is 9.69. The van der Waals surface area contributed by atoms with Gasteiger partial charge in [0.1, 0.15) is 0 Å². The highest BCUT2D eigenvalue weighted by molar-refractivity contribution is 6.06. The molecule has 3 rings (SSSR count). The molecule has 0 aliphatic carbocycles. The lowest BCUT2D eigenvalue weighted by atomic mass is 10.1. The van der Waals surface area contributed by atoms with Crippen LogP contribution in [0.15, 0.2) is 42.5 Å². The zero-order chi connectivity index (χ0) is 19.1. The molecule has 1 heterocycles. The first-order valence-corrected chi connectivity index (χ1v) is 9.69. The molecule has 0 saturated carbocycles. The van der Waals surface area contributed by atoms with Crippen LogP contribution in [0.25, 0.3) is 0 Å². The van der Waals surface area contributed by atoms with Gasteiger partial charge in [-0.05, 0) is 49.6 Å². The molecule has 0 radical (unpaired) electrons. The number of nitrogens with zero attached hydrogens (tertiary/aromatic N) is 1. The Morgan fingerprint density at radius 3 is 2.63 bits per heavy atom. The molecule has 0 atom stereocenters. The summed E-state index contributed by atoms with van der Waals surface area (Å²) in [6.45, 7) is 4.82. The SMILES string of the molecule is CCCCOc1ccc(C(=O)Nc2ccccc2N2CCCC2)cc1OC. The molecule has 1 aliphatic rings. The summed E-state index contributed by atoms with van der Waals surface area (Å²) < 4.78 is 11.2. The molecule has 144 valence electrons. The van der Waals surface area contributed by atoms with Gasteiger partial charge in [-0.15, -0.1) is 0 Å². The minimum absolute atomic E-state index is 0.153. The molecular formula is C22H28N2O3. The number of amides is 1. The normalized spacial score (nSPS) is 13.5. The Morgan fingerprint density at radius 2 is 1.89 bits per heavy atom. The summed E-state index contributed by atoms with van der Waals surface area (Å²) in [6.07, 6.45) is 4.44. The highest BCUT2D eigenvalue weighted by Gasteiger charge is 2.18. The van der Waals surface area contributed by atoms with Gasteiger partial charge in [-0.25, -0.2) is 0 Å². The van der Waals surface area contributed by atoms with Crippen LogP contribution in [0, 0.1) is 0 Å². The number of hydrogen-bond acceptors (Lipinski definition) is 4. The number of ether oxygens (including phenoxy) is 2. The van der Waals surface area contributed by atoms with E-state index in [1.165, 1.54) is 12.8 Å². The van der Waals surface area contributed by atoms with Gasteiger partial charge in [-0.3, -0.25) is 4.79 Å². The first-order chi connectivity index (χ1) is 13.2. The van der Waals surface area contributed by atoms with E-state index >= 15 is 0 Å². The molecule has 5 heteroatoms. The van der Waals surface area contributed by atoms with E-state index < -0.39 is 0 Å². The monoisotopic (exact) mass is 368 g/mol. The third-order valence-electron chi connectivity index (χ3n) is 4.78. The lowest BCUT2D eigenvalue weighted by Crippen LogP contribution is -2.21. The van der Waals surface area contributed by atoms with Crippen molar-refractivity contribution in [3.05, 3.63) is 48.0 Å². The molecule has 5 nitrogen and oxygen atoms in total. The number of methoxy groups -OCH3 is 1. The minimum Gasteiger partial charge on any atom is -0.493 e. The standard InChI is InChI=1S/C22H28N2O3/c1-3-4-15-27-20-12-11-17(16-21(20)26-2)22(25)23-18-9-5-6-10-19(18)24-13-7-8-14-24/h5-6,9-12,16H,3-4,7-8,13-15H2,1-2H3,(H,23,25). The van der Waals surface area contributed by atoms with Crippen LogP contribution in [-0.4, -0.2) is 32.7 Å². The second-order valence-corrected chi connectivity index (χ2v) is 6.73. The van der Waals surface area contributed by atoms with Crippen molar-refractivity contribution in [2.24, 2.45) is 0 Å². The molecular weight excluding hydrogens is 340 g/mol. The summed E-state index contributed by atoms with van der Waals surface area (Å²) in [4.78, 5) is 15.1. The largest absolute Gasteiger partial charge is 0.493 e. The summed E-state index contributed by atoms with van der Waals surface area (Å²) in [7, 11) is 1.59. The summed E-state index contributed by atoms with van der Waals surface area (Å²) in [6, 6.07) is 13.3. The van der Waals surface area contributed by atoms with E-state index in [1.54, 1.807) is 25.3 Å². The number of para-hydroxylation sites is 2. The number of benzene rings is 2. The highest BCUT2D eigenvalue weighted by atomic mass is 16.5. The van der Waals surface area contributed by atoms with Crippen molar-refractivity contribution in [3.63, 3.8) is 0 Å². The molecule has 1 saturated heterocycles. The molecule has 2 aromatic carbocycles. The fourth-order valence-corrected chi connectivity index (χ4v) is 3.26. The molecule has 1 fully saturated rings. The van der Waals surface area contributed by atoms with Gasteiger partial charge in [-0.1, -0.05) is 25.5 Å². The van der Waals surface area contributed by atoms with Crippen LogP contribution in [0.5, 0.6) is 11.5 Å². The van der Waals surface area contributed by atoms with Gasteiger partial charge in [0.05, 0.1) is 25.1 Å². The molecule has 1 aliphatic heterocycles. The molecule has 1 amide bonds. The Balaban J connectivity index is 1.75. The van der Waals surface area contributed by atoms with E-state index in [4.69, 9.17) is 9.47 Å². The van der Waals surface area contributed by atoms with Gasteiger partial charge < -0.3 is 19.7 Å². The molecule has 0 bridgehead atoms. The Morgan fingerprint density at radius 1 is 1.11 bits per heavy atom. The number of carbonyl (C=O) groups is 1. The van der Waals surface area contributed by atoms with Crippen molar-refractivity contribution >= 4 is 17.3 Å². The molecule has 0 spiro atoms. The Bertz CT molecular complexity index is 770. The van der Waals surface area contributed by atoms with E-state index in [2.05, 4.69) is 23.2 Å². The number of unbranched alkanes of at least 4 members (excludes halogenated alkanes) is 1.